The summed E-state index contributed by atoms with van der Waals surface area (Å²) < 4.78 is 0. The number of benzene rings is 2. The van der Waals surface area contributed by atoms with Crippen molar-refractivity contribution in [3.05, 3.63) is 77.7 Å². The van der Waals surface area contributed by atoms with Gasteiger partial charge in [-0.25, -0.2) is 9.97 Å². The van der Waals surface area contributed by atoms with E-state index < -0.39 is 0 Å². The number of amides is 2. The van der Waals surface area contributed by atoms with Crippen LogP contribution < -0.4 is 16.0 Å². The van der Waals surface area contributed by atoms with Crippen LogP contribution in [0.15, 0.2) is 60.7 Å². The van der Waals surface area contributed by atoms with Gasteiger partial charge in [-0.1, -0.05) is 36.4 Å². The van der Waals surface area contributed by atoms with Gasteiger partial charge in [0.05, 0.1) is 6.04 Å². The molecule has 3 aromatic rings. The zero-order chi connectivity index (χ0) is 20.8. The van der Waals surface area contributed by atoms with Crippen molar-refractivity contribution < 1.29 is 9.59 Å². The summed E-state index contributed by atoms with van der Waals surface area (Å²) in [5, 5.41) is 8.85. The maximum atomic E-state index is 12.7. The minimum Gasteiger partial charge on any atom is -0.344 e. The van der Waals surface area contributed by atoms with Crippen LogP contribution in [-0.4, -0.2) is 21.8 Å². The molecule has 1 heterocycles. The molecule has 2 amide bonds. The Kier molecular flexibility index (Phi) is 6.19. The lowest BCUT2D eigenvalue weighted by atomic mass is 10.1. The van der Waals surface area contributed by atoms with E-state index in [4.69, 9.17) is 0 Å². The van der Waals surface area contributed by atoms with Crippen LogP contribution in [0, 0.1) is 6.92 Å². The number of anilines is 3. The minimum absolute atomic E-state index is 0.147. The van der Waals surface area contributed by atoms with Crippen LogP contribution in [0.5, 0.6) is 0 Å². The van der Waals surface area contributed by atoms with Gasteiger partial charge < -0.3 is 16.0 Å². The standard InChI is InChI=1S/C22H23N5O2/c1-14(17-8-5-4-6-9-17)23-22(29)20-13-21(25-15(2)24-20)27-19-11-7-10-18(12-19)26-16(3)28/h4-14H,1-3H3,(H,23,29)(H,26,28)(H,24,25,27). The first-order valence-electron chi connectivity index (χ1n) is 9.27. The van der Waals surface area contributed by atoms with Crippen LogP contribution in [0.3, 0.4) is 0 Å². The van der Waals surface area contributed by atoms with Crippen molar-refractivity contribution in [3.63, 3.8) is 0 Å². The van der Waals surface area contributed by atoms with Crippen molar-refractivity contribution in [2.24, 2.45) is 0 Å². The van der Waals surface area contributed by atoms with E-state index in [2.05, 4.69) is 25.9 Å². The lowest BCUT2D eigenvalue weighted by Gasteiger charge is -2.15. The third kappa shape index (κ3) is 5.62. The maximum Gasteiger partial charge on any atom is 0.270 e. The van der Waals surface area contributed by atoms with Gasteiger partial charge in [0.25, 0.3) is 5.91 Å². The van der Waals surface area contributed by atoms with Crippen molar-refractivity contribution in [2.75, 3.05) is 10.6 Å². The van der Waals surface area contributed by atoms with Gasteiger partial charge in [-0.3, -0.25) is 9.59 Å². The Morgan fingerprint density at radius 2 is 1.66 bits per heavy atom. The van der Waals surface area contributed by atoms with Gasteiger partial charge >= 0.3 is 0 Å². The number of hydrogen-bond donors (Lipinski definition) is 3. The number of rotatable bonds is 6. The molecule has 0 aliphatic rings. The Labute approximate surface area is 169 Å². The Morgan fingerprint density at radius 1 is 0.931 bits per heavy atom. The third-order valence-corrected chi connectivity index (χ3v) is 4.17. The molecule has 29 heavy (non-hydrogen) atoms. The monoisotopic (exact) mass is 389 g/mol. The van der Waals surface area contributed by atoms with Crippen LogP contribution in [0.2, 0.25) is 0 Å². The Bertz CT molecular complexity index is 1020. The summed E-state index contributed by atoms with van der Waals surface area (Å²) in [6.45, 7) is 5.11. The Morgan fingerprint density at radius 3 is 2.38 bits per heavy atom. The number of nitrogens with one attached hydrogen (secondary N) is 3. The number of hydrogen-bond acceptors (Lipinski definition) is 5. The first-order chi connectivity index (χ1) is 13.9. The molecule has 0 aliphatic heterocycles. The van der Waals surface area contributed by atoms with Crippen LogP contribution >= 0.6 is 0 Å². The van der Waals surface area contributed by atoms with Crippen molar-refractivity contribution in [3.8, 4) is 0 Å². The molecule has 0 saturated carbocycles. The molecule has 3 rings (SSSR count). The molecule has 1 atom stereocenters. The highest BCUT2D eigenvalue weighted by Crippen LogP contribution is 2.20. The molecule has 7 heteroatoms. The molecule has 1 aromatic heterocycles. The van der Waals surface area contributed by atoms with Gasteiger partial charge in [0.1, 0.15) is 17.3 Å². The largest absolute Gasteiger partial charge is 0.344 e. The molecule has 3 N–H and O–H groups in total. The predicted octanol–water partition coefficient (Wildman–Crippen LogP) is 3.98. The van der Waals surface area contributed by atoms with E-state index in [-0.39, 0.29) is 23.6 Å². The Balaban J connectivity index is 1.76. The van der Waals surface area contributed by atoms with E-state index in [1.807, 2.05) is 49.4 Å². The molecule has 0 bridgehead atoms. The fraction of sp³-hybridized carbons (Fsp3) is 0.182. The van der Waals surface area contributed by atoms with E-state index >= 15 is 0 Å². The molecule has 2 aromatic carbocycles. The molecule has 1 unspecified atom stereocenters. The lowest BCUT2D eigenvalue weighted by molar-refractivity contribution is -0.114. The van der Waals surface area contributed by atoms with Crippen molar-refractivity contribution in [2.45, 2.75) is 26.8 Å². The SMILES string of the molecule is CC(=O)Nc1cccc(Nc2cc(C(=O)NC(C)c3ccccc3)nc(C)n2)c1. The molecular formula is C22H23N5O2. The highest BCUT2D eigenvalue weighted by molar-refractivity contribution is 5.93. The number of aryl methyl sites for hydroxylation is 1. The van der Waals surface area contributed by atoms with Gasteiger partial charge in [0.2, 0.25) is 5.91 Å². The second-order valence-electron chi connectivity index (χ2n) is 6.68. The van der Waals surface area contributed by atoms with Gasteiger partial charge in [0.15, 0.2) is 0 Å². The normalized spacial score (nSPS) is 11.4. The second-order valence-corrected chi connectivity index (χ2v) is 6.68. The highest BCUT2D eigenvalue weighted by Gasteiger charge is 2.14. The van der Waals surface area contributed by atoms with E-state index in [9.17, 15) is 9.59 Å². The summed E-state index contributed by atoms with van der Waals surface area (Å²) in [4.78, 5) is 32.5. The van der Waals surface area contributed by atoms with E-state index in [1.165, 1.54) is 6.92 Å². The Hall–Kier alpha value is -3.74. The molecule has 7 nitrogen and oxygen atoms in total. The number of aromatic nitrogens is 2. The quantitative estimate of drug-likeness (QED) is 0.593. The summed E-state index contributed by atoms with van der Waals surface area (Å²) in [5.41, 5.74) is 2.70. The van der Waals surface area contributed by atoms with Gasteiger partial charge in [0, 0.05) is 24.4 Å². The van der Waals surface area contributed by atoms with Crippen LogP contribution in [0.25, 0.3) is 0 Å². The highest BCUT2D eigenvalue weighted by atomic mass is 16.2. The first kappa shape index (κ1) is 20.0. The molecule has 148 valence electrons. The number of nitrogens with zero attached hydrogens (tertiary/aromatic N) is 2. The van der Waals surface area contributed by atoms with Crippen molar-refractivity contribution in [1.82, 2.24) is 15.3 Å². The smallest absolute Gasteiger partial charge is 0.270 e. The van der Waals surface area contributed by atoms with Crippen LogP contribution in [0.1, 0.15) is 41.8 Å². The second kappa shape index (κ2) is 8.97. The van der Waals surface area contributed by atoms with Gasteiger partial charge in [-0.05, 0) is 37.6 Å². The third-order valence-electron chi connectivity index (χ3n) is 4.17. The topological polar surface area (TPSA) is 96.0 Å². The minimum atomic E-state index is -0.276. The molecular weight excluding hydrogens is 366 g/mol. The average molecular weight is 389 g/mol. The number of carbonyl (C=O) groups excluding carboxylic acids is 2. The summed E-state index contributed by atoms with van der Waals surface area (Å²) in [6.07, 6.45) is 0. The average Bonchev–Trinajstić information content (AvgIpc) is 2.68. The summed E-state index contributed by atoms with van der Waals surface area (Å²) in [7, 11) is 0. The molecule has 0 fully saturated rings. The van der Waals surface area contributed by atoms with Crippen LogP contribution in [0.4, 0.5) is 17.2 Å². The molecule has 0 radical (unpaired) electrons. The molecule has 0 spiro atoms. The maximum absolute atomic E-state index is 12.7. The van der Waals surface area contributed by atoms with Crippen molar-refractivity contribution in [1.29, 1.82) is 0 Å². The van der Waals surface area contributed by atoms with Crippen LogP contribution in [-0.2, 0) is 4.79 Å². The van der Waals surface area contributed by atoms with Gasteiger partial charge in [-0.2, -0.15) is 0 Å². The summed E-state index contributed by atoms with van der Waals surface area (Å²) in [5.74, 6) is 0.550. The number of carbonyl (C=O) groups is 2. The fourth-order valence-corrected chi connectivity index (χ4v) is 2.87. The van der Waals surface area contributed by atoms with E-state index in [0.717, 1.165) is 11.3 Å². The lowest BCUT2D eigenvalue weighted by Crippen LogP contribution is -2.27. The predicted molar refractivity (Wildman–Crippen MR) is 113 cm³/mol. The fourth-order valence-electron chi connectivity index (χ4n) is 2.87. The van der Waals surface area contributed by atoms with Gasteiger partial charge in [-0.15, -0.1) is 0 Å². The first-order valence-corrected chi connectivity index (χ1v) is 9.27. The molecule has 0 saturated heterocycles. The van der Waals surface area contributed by atoms with E-state index in [1.54, 1.807) is 25.1 Å². The zero-order valence-electron chi connectivity index (χ0n) is 16.6. The summed E-state index contributed by atoms with van der Waals surface area (Å²) >= 11 is 0. The molecule has 0 aliphatic carbocycles. The van der Waals surface area contributed by atoms with Crippen molar-refractivity contribution >= 4 is 29.0 Å². The van der Waals surface area contributed by atoms with E-state index in [0.29, 0.717) is 17.3 Å². The zero-order valence-corrected chi connectivity index (χ0v) is 16.6. The summed E-state index contributed by atoms with van der Waals surface area (Å²) in [6, 6.07) is 18.4.